The number of nitrogens with zero attached hydrogens (tertiary/aromatic N) is 1. The zero-order valence-electron chi connectivity index (χ0n) is 11.7. The number of methoxy groups -OCH3 is 1. The maximum Gasteiger partial charge on any atom is 0.230 e. The van der Waals surface area contributed by atoms with E-state index in [1.165, 1.54) is 0 Å². The molecule has 0 aliphatic carbocycles. The minimum Gasteiger partial charge on any atom is -0.381 e. The van der Waals surface area contributed by atoms with E-state index in [2.05, 4.69) is 0 Å². The Hall–Kier alpha value is -0.610. The standard InChI is InChI=1S/C13H26N2O2/c1-12(2,13(3,4)14)11(16)15-8-6-10(17-5)7-9-15/h10H,6-9,14H2,1-5H3. The van der Waals surface area contributed by atoms with Crippen LogP contribution < -0.4 is 5.73 Å². The monoisotopic (exact) mass is 242 g/mol. The SMILES string of the molecule is COC1CCN(C(=O)C(C)(C)C(C)(C)N)CC1. The molecule has 1 saturated heterocycles. The number of likely N-dealkylation sites (tertiary alicyclic amines) is 1. The predicted octanol–water partition coefficient (Wildman–Crippen LogP) is 1.39. The van der Waals surface area contributed by atoms with E-state index in [0.29, 0.717) is 6.10 Å². The van der Waals surface area contributed by atoms with Gasteiger partial charge in [0.1, 0.15) is 0 Å². The number of carbonyl (C=O) groups is 1. The van der Waals surface area contributed by atoms with Crippen LogP contribution >= 0.6 is 0 Å². The van der Waals surface area contributed by atoms with E-state index in [0.717, 1.165) is 25.9 Å². The number of amides is 1. The van der Waals surface area contributed by atoms with Gasteiger partial charge in [-0.25, -0.2) is 0 Å². The number of hydrogen-bond acceptors (Lipinski definition) is 3. The zero-order chi connectivity index (χ0) is 13.3. The third-order valence-corrected chi connectivity index (χ3v) is 4.21. The first-order chi connectivity index (χ1) is 7.70. The largest absolute Gasteiger partial charge is 0.381 e. The Labute approximate surface area is 104 Å². The highest BCUT2D eigenvalue weighted by atomic mass is 16.5. The topological polar surface area (TPSA) is 55.6 Å². The Morgan fingerprint density at radius 1 is 1.24 bits per heavy atom. The van der Waals surface area contributed by atoms with Crippen molar-refractivity contribution in [2.75, 3.05) is 20.2 Å². The Morgan fingerprint density at radius 2 is 1.71 bits per heavy atom. The summed E-state index contributed by atoms with van der Waals surface area (Å²) in [6.45, 7) is 9.22. The van der Waals surface area contributed by atoms with Crippen molar-refractivity contribution in [3.8, 4) is 0 Å². The van der Waals surface area contributed by atoms with E-state index in [9.17, 15) is 4.79 Å². The minimum absolute atomic E-state index is 0.152. The Bertz CT molecular complexity index is 274. The fourth-order valence-electron chi connectivity index (χ4n) is 1.97. The molecule has 0 bridgehead atoms. The molecule has 0 aromatic heterocycles. The summed E-state index contributed by atoms with van der Waals surface area (Å²) < 4.78 is 5.31. The van der Waals surface area contributed by atoms with Crippen LogP contribution in [0.3, 0.4) is 0 Å². The van der Waals surface area contributed by atoms with Gasteiger partial charge in [0, 0.05) is 25.7 Å². The molecule has 0 atom stereocenters. The van der Waals surface area contributed by atoms with Gasteiger partial charge in [-0.2, -0.15) is 0 Å². The highest BCUT2D eigenvalue weighted by molar-refractivity contribution is 5.83. The van der Waals surface area contributed by atoms with Crippen LogP contribution in [0.1, 0.15) is 40.5 Å². The molecule has 0 spiro atoms. The predicted molar refractivity (Wildman–Crippen MR) is 68.7 cm³/mol. The molecule has 1 amide bonds. The fraction of sp³-hybridized carbons (Fsp3) is 0.923. The highest BCUT2D eigenvalue weighted by Gasteiger charge is 2.43. The van der Waals surface area contributed by atoms with Gasteiger partial charge in [0.25, 0.3) is 0 Å². The number of rotatable bonds is 3. The van der Waals surface area contributed by atoms with Crippen LogP contribution in [-0.4, -0.2) is 42.6 Å². The molecular formula is C13H26N2O2. The molecule has 17 heavy (non-hydrogen) atoms. The van der Waals surface area contributed by atoms with E-state index >= 15 is 0 Å². The molecule has 0 radical (unpaired) electrons. The van der Waals surface area contributed by atoms with Crippen molar-refractivity contribution < 1.29 is 9.53 Å². The first-order valence-electron chi connectivity index (χ1n) is 6.31. The van der Waals surface area contributed by atoms with Crippen LogP contribution in [-0.2, 0) is 9.53 Å². The van der Waals surface area contributed by atoms with Gasteiger partial charge >= 0.3 is 0 Å². The van der Waals surface area contributed by atoms with Gasteiger partial charge in [0.05, 0.1) is 11.5 Å². The number of hydrogen-bond donors (Lipinski definition) is 1. The van der Waals surface area contributed by atoms with Gasteiger partial charge in [-0.3, -0.25) is 4.79 Å². The molecule has 1 aliphatic rings. The maximum absolute atomic E-state index is 12.5. The lowest BCUT2D eigenvalue weighted by atomic mass is 9.74. The number of carbonyl (C=O) groups excluding carboxylic acids is 1. The van der Waals surface area contributed by atoms with E-state index in [4.69, 9.17) is 10.5 Å². The number of piperidine rings is 1. The smallest absolute Gasteiger partial charge is 0.230 e. The fourth-order valence-corrected chi connectivity index (χ4v) is 1.97. The first-order valence-corrected chi connectivity index (χ1v) is 6.31. The number of nitrogens with two attached hydrogens (primary N) is 1. The normalized spacial score (nSPS) is 19.5. The summed E-state index contributed by atoms with van der Waals surface area (Å²) in [4.78, 5) is 14.4. The third kappa shape index (κ3) is 2.99. The molecule has 100 valence electrons. The molecule has 0 aromatic rings. The van der Waals surface area contributed by atoms with Crippen molar-refractivity contribution in [2.24, 2.45) is 11.1 Å². The summed E-state index contributed by atoms with van der Waals surface area (Å²) in [6.07, 6.45) is 2.14. The molecule has 4 heteroatoms. The van der Waals surface area contributed by atoms with Crippen molar-refractivity contribution >= 4 is 5.91 Å². The molecule has 1 aliphatic heterocycles. The number of ether oxygens (including phenoxy) is 1. The van der Waals surface area contributed by atoms with Crippen LogP contribution in [0, 0.1) is 5.41 Å². The Kier molecular flexibility index (Phi) is 4.20. The van der Waals surface area contributed by atoms with Crippen LogP contribution in [0.25, 0.3) is 0 Å². The summed E-state index contributed by atoms with van der Waals surface area (Å²) in [5, 5.41) is 0. The summed E-state index contributed by atoms with van der Waals surface area (Å²) >= 11 is 0. The van der Waals surface area contributed by atoms with E-state index in [1.54, 1.807) is 7.11 Å². The summed E-state index contributed by atoms with van der Waals surface area (Å²) in [7, 11) is 1.73. The summed E-state index contributed by atoms with van der Waals surface area (Å²) in [5.74, 6) is 0.152. The molecular weight excluding hydrogens is 216 g/mol. The van der Waals surface area contributed by atoms with Crippen molar-refractivity contribution in [1.29, 1.82) is 0 Å². The second-order valence-corrected chi connectivity index (χ2v) is 6.07. The molecule has 0 saturated carbocycles. The highest BCUT2D eigenvalue weighted by Crippen LogP contribution is 2.31. The van der Waals surface area contributed by atoms with Crippen LogP contribution in [0.15, 0.2) is 0 Å². The quantitative estimate of drug-likeness (QED) is 0.813. The summed E-state index contributed by atoms with van der Waals surface area (Å²) in [5.41, 5.74) is 5.06. The molecule has 2 N–H and O–H groups in total. The molecule has 1 heterocycles. The van der Waals surface area contributed by atoms with E-state index in [-0.39, 0.29) is 5.91 Å². The van der Waals surface area contributed by atoms with Gasteiger partial charge in [-0.15, -0.1) is 0 Å². The second-order valence-electron chi connectivity index (χ2n) is 6.07. The van der Waals surface area contributed by atoms with E-state index in [1.807, 2.05) is 32.6 Å². The maximum atomic E-state index is 12.5. The average molecular weight is 242 g/mol. The molecule has 0 unspecified atom stereocenters. The molecule has 1 rings (SSSR count). The lowest BCUT2D eigenvalue weighted by Crippen LogP contribution is -2.57. The Balaban J connectivity index is 2.66. The lowest BCUT2D eigenvalue weighted by Gasteiger charge is -2.42. The second kappa shape index (κ2) is 4.94. The van der Waals surface area contributed by atoms with Crippen molar-refractivity contribution in [1.82, 2.24) is 4.90 Å². The first kappa shape index (κ1) is 14.5. The molecule has 1 fully saturated rings. The van der Waals surface area contributed by atoms with Gasteiger partial charge in [0.2, 0.25) is 5.91 Å². The van der Waals surface area contributed by atoms with Crippen LogP contribution in [0.2, 0.25) is 0 Å². The minimum atomic E-state index is -0.535. The lowest BCUT2D eigenvalue weighted by molar-refractivity contribution is -0.145. The van der Waals surface area contributed by atoms with Crippen molar-refractivity contribution in [3.63, 3.8) is 0 Å². The van der Waals surface area contributed by atoms with Crippen molar-refractivity contribution in [2.45, 2.75) is 52.2 Å². The van der Waals surface area contributed by atoms with E-state index < -0.39 is 11.0 Å². The van der Waals surface area contributed by atoms with Crippen molar-refractivity contribution in [3.05, 3.63) is 0 Å². The molecule has 4 nitrogen and oxygen atoms in total. The molecule has 0 aromatic carbocycles. The zero-order valence-corrected chi connectivity index (χ0v) is 11.7. The Morgan fingerprint density at radius 3 is 2.06 bits per heavy atom. The van der Waals surface area contributed by atoms with Gasteiger partial charge in [0.15, 0.2) is 0 Å². The van der Waals surface area contributed by atoms with Gasteiger partial charge in [-0.05, 0) is 40.5 Å². The van der Waals surface area contributed by atoms with Gasteiger partial charge < -0.3 is 15.4 Å². The third-order valence-electron chi connectivity index (χ3n) is 4.21. The van der Waals surface area contributed by atoms with Crippen LogP contribution in [0.5, 0.6) is 0 Å². The van der Waals surface area contributed by atoms with Crippen LogP contribution in [0.4, 0.5) is 0 Å². The van der Waals surface area contributed by atoms with Gasteiger partial charge in [-0.1, -0.05) is 0 Å². The summed E-state index contributed by atoms with van der Waals surface area (Å²) in [6, 6.07) is 0. The average Bonchev–Trinajstić information content (AvgIpc) is 2.26.